The van der Waals surface area contributed by atoms with Crippen molar-refractivity contribution in [3.63, 3.8) is 0 Å². The molecule has 0 unspecified atom stereocenters. The van der Waals surface area contributed by atoms with Gasteiger partial charge in [0, 0.05) is 6.54 Å². The van der Waals surface area contributed by atoms with E-state index < -0.39 is 6.29 Å². The highest BCUT2D eigenvalue weighted by Gasteiger charge is 2.09. The summed E-state index contributed by atoms with van der Waals surface area (Å²) in [6.45, 7) is 7.03. The monoisotopic (exact) mass is 526 g/mol. The third-order valence-electron chi connectivity index (χ3n) is 8.08. The Labute approximate surface area is 234 Å². The van der Waals surface area contributed by atoms with Crippen molar-refractivity contribution in [2.45, 2.75) is 200 Å². The number of hydrogen-bond acceptors (Lipinski definition) is 3. The third-order valence-corrected chi connectivity index (χ3v) is 8.08. The number of nitrogens with zero attached hydrogens (tertiary/aromatic N) is 1. The molecule has 3 heteroatoms. The fraction of sp³-hybridized carbons (Fsp3) is 1.00. The summed E-state index contributed by atoms with van der Waals surface area (Å²) in [5, 5.41) is 18.9. The van der Waals surface area contributed by atoms with E-state index >= 15 is 0 Å². The lowest BCUT2D eigenvalue weighted by Crippen LogP contribution is -2.34. The number of rotatable bonds is 32. The Morgan fingerprint density at radius 1 is 0.351 bits per heavy atom. The van der Waals surface area contributed by atoms with Gasteiger partial charge in [-0.15, -0.1) is 0 Å². The van der Waals surface area contributed by atoms with Crippen LogP contribution in [0.1, 0.15) is 194 Å². The predicted molar refractivity (Wildman–Crippen MR) is 165 cm³/mol. The molecule has 0 saturated heterocycles. The Balaban J connectivity index is 3.48. The first-order valence-electron chi connectivity index (χ1n) is 17.3. The van der Waals surface area contributed by atoms with Crippen molar-refractivity contribution >= 4 is 0 Å². The first-order valence-corrected chi connectivity index (χ1v) is 17.3. The van der Waals surface area contributed by atoms with Crippen molar-refractivity contribution in [3.05, 3.63) is 0 Å². The molecule has 0 spiro atoms. The van der Waals surface area contributed by atoms with Crippen molar-refractivity contribution in [2.75, 3.05) is 19.6 Å². The Hall–Kier alpha value is -0.120. The second kappa shape index (κ2) is 32.1. The predicted octanol–water partition coefficient (Wildman–Crippen LogP) is 10.6. The van der Waals surface area contributed by atoms with Crippen LogP contribution >= 0.6 is 0 Å². The molecule has 37 heavy (non-hydrogen) atoms. The molecule has 0 aromatic heterocycles. The second-order valence-electron chi connectivity index (χ2n) is 12.0. The van der Waals surface area contributed by atoms with Crippen molar-refractivity contribution < 1.29 is 10.2 Å². The van der Waals surface area contributed by atoms with Gasteiger partial charge in [0.15, 0.2) is 6.29 Å². The molecule has 0 aliphatic carbocycles. The van der Waals surface area contributed by atoms with Crippen molar-refractivity contribution in [1.82, 2.24) is 4.90 Å². The minimum absolute atomic E-state index is 0.414. The van der Waals surface area contributed by atoms with E-state index in [1.54, 1.807) is 0 Å². The van der Waals surface area contributed by atoms with Crippen LogP contribution in [0.15, 0.2) is 0 Å². The lowest BCUT2D eigenvalue weighted by Gasteiger charge is -2.23. The highest BCUT2D eigenvalue weighted by molar-refractivity contribution is 4.61. The van der Waals surface area contributed by atoms with E-state index in [-0.39, 0.29) is 0 Å². The number of aliphatic hydroxyl groups excluding tert-OH is 1. The Morgan fingerprint density at radius 3 is 0.784 bits per heavy atom. The number of unbranched alkanes of at least 4 members (excludes halogenated alkanes) is 26. The summed E-state index contributed by atoms with van der Waals surface area (Å²) in [7, 11) is 0. The van der Waals surface area contributed by atoms with Crippen LogP contribution in [-0.4, -0.2) is 41.0 Å². The molecule has 224 valence electrons. The van der Waals surface area contributed by atoms with E-state index in [4.69, 9.17) is 0 Å². The van der Waals surface area contributed by atoms with Crippen LogP contribution in [0, 0.1) is 0 Å². The van der Waals surface area contributed by atoms with Gasteiger partial charge in [0.1, 0.15) is 0 Å². The average Bonchev–Trinajstić information content (AvgIpc) is 2.88. The second-order valence-corrected chi connectivity index (χ2v) is 12.0. The molecule has 0 aliphatic rings. The normalized spacial score (nSPS) is 11.8. The topological polar surface area (TPSA) is 43.7 Å². The smallest absolute Gasteiger partial charge is 0.164 e. The van der Waals surface area contributed by atoms with E-state index in [1.807, 2.05) is 0 Å². The lowest BCUT2D eigenvalue weighted by atomic mass is 10.0. The van der Waals surface area contributed by atoms with Crippen LogP contribution in [0.2, 0.25) is 0 Å². The summed E-state index contributed by atoms with van der Waals surface area (Å²) in [5.41, 5.74) is 0. The molecule has 0 aliphatic heterocycles. The quantitative estimate of drug-likeness (QED) is 0.0678. The minimum atomic E-state index is -1.20. The molecule has 0 aromatic carbocycles. The molecule has 0 amide bonds. The van der Waals surface area contributed by atoms with Crippen LogP contribution in [0.25, 0.3) is 0 Å². The molecule has 0 radical (unpaired) electrons. The molecule has 2 N–H and O–H groups in total. The maximum atomic E-state index is 9.47. The summed E-state index contributed by atoms with van der Waals surface area (Å²) in [6, 6.07) is 0. The SMILES string of the molecule is CCCCCCCCCCCCCCCCN(CCCCCCCCCCCCCCCC)CC(O)O. The van der Waals surface area contributed by atoms with Crippen molar-refractivity contribution in [1.29, 1.82) is 0 Å². The third kappa shape index (κ3) is 32.0. The molecule has 0 atom stereocenters. The summed E-state index contributed by atoms with van der Waals surface area (Å²) < 4.78 is 0. The zero-order valence-corrected chi connectivity index (χ0v) is 25.8. The van der Waals surface area contributed by atoms with Crippen LogP contribution in [0.3, 0.4) is 0 Å². The molecule has 0 bridgehead atoms. The largest absolute Gasteiger partial charge is 0.367 e. The summed E-state index contributed by atoms with van der Waals surface area (Å²) in [5.74, 6) is 0. The van der Waals surface area contributed by atoms with Gasteiger partial charge in [0.2, 0.25) is 0 Å². The maximum Gasteiger partial charge on any atom is 0.164 e. The van der Waals surface area contributed by atoms with Crippen molar-refractivity contribution in [2.24, 2.45) is 0 Å². The van der Waals surface area contributed by atoms with Crippen LogP contribution in [0.5, 0.6) is 0 Å². The first kappa shape index (κ1) is 36.9. The van der Waals surface area contributed by atoms with E-state index in [0.29, 0.717) is 6.54 Å². The van der Waals surface area contributed by atoms with E-state index in [0.717, 1.165) is 13.1 Å². The first-order chi connectivity index (χ1) is 18.2. The molecular formula is C34H71NO2. The number of aliphatic hydroxyl groups is 2. The minimum Gasteiger partial charge on any atom is -0.367 e. The highest BCUT2D eigenvalue weighted by atomic mass is 16.5. The zero-order chi connectivity index (χ0) is 27.1. The fourth-order valence-corrected chi connectivity index (χ4v) is 5.59. The maximum absolute atomic E-state index is 9.47. The van der Waals surface area contributed by atoms with E-state index in [1.165, 1.54) is 180 Å². The van der Waals surface area contributed by atoms with Gasteiger partial charge < -0.3 is 10.2 Å². The molecule has 0 saturated carbocycles. The fourth-order valence-electron chi connectivity index (χ4n) is 5.59. The van der Waals surface area contributed by atoms with Gasteiger partial charge in [-0.05, 0) is 25.9 Å². The van der Waals surface area contributed by atoms with Gasteiger partial charge in [-0.2, -0.15) is 0 Å². The van der Waals surface area contributed by atoms with Gasteiger partial charge in [-0.3, -0.25) is 4.90 Å². The molecule has 3 nitrogen and oxygen atoms in total. The Kier molecular flexibility index (Phi) is 32.0. The standard InChI is InChI=1S/C34H71NO2/c1-3-5-7-9-11-13-15-17-19-21-23-25-27-29-31-35(33-34(36)37)32-30-28-26-24-22-20-18-16-14-12-10-8-6-4-2/h34,36-37H,3-33H2,1-2H3. The summed E-state index contributed by atoms with van der Waals surface area (Å²) in [6.07, 6.45) is 37.6. The van der Waals surface area contributed by atoms with E-state index in [9.17, 15) is 10.2 Å². The molecular weight excluding hydrogens is 454 g/mol. The lowest BCUT2D eigenvalue weighted by molar-refractivity contribution is -0.0616. The molecule has 0 aromatic rings. The zero-order valence-electron chi connectivity index (χ0n) is 25.8. The highest BCUT2D eigenvalue weighted by Crippen LogP contribution is 2.15. The molecule has 0 heterocycles. The van der Waals surface area contributed by atoms with Gasteiger partial charge in [-0.25, -0.2) is 0 Å². The van der Waals surface area contributed by atoms with Crippen molar-refractivity contribution in [3.8, 4) is 0 Å². The number of hydrogen-bond donors (Lipinski definition) is 2. The van der Waals surface area contributed by atoms with Gasteiger partial charge >= 0.3 is 0 Å². The van der Waals surface area contributed by atoms with Crippen LogP contribution in [-0.2, 0) is 0 Å². The summed E-state index contributed by atoms with van der Waals surface area (Å²) >= 11 is 0. The van der Waals surface area contributed by atoms with Gasteiger partial charge in [0.05, 0.1) is 0 Å². The molecule has 0 fully saturated rings. The van der Waals surface area contributed by atoms with Crippen LogP contribution in [0.4, 0.5) is 0 Å². The van der Waals surface area contributed by atoms with Gasteiger partial charge in [-0.1, -0.05) is 181 Å². The van der Waals surface area contributed by atoms with Gasteiger partial charge in [0.25, 0.3) is 0 Å². The Morgan fingerprint density at radius 2 is 0.568 bits per heavy atom. The van der Waals surface area contributed by atoms with E-state index in [2.05, 4.69) is 18.7 Å². The molecule has 0 rings (SSSR count). The summed E-state index contributed by atoms with van der Waals surface area (Å²) in [4.78, 5) is 2.28. The van der Waals surface area contributed by atoms with Crippen LogP contribution < -0.4 is 0 Å². The Bertz CT molecular complexity index is 369. The average molecular weight is 526 g/mol.